The summed E-state index contributed by atoms with van der Waals surface area (Å²) >= 11 is 0. The molecule has 14 nitrogen and oxygen atoms in total. The van der Waals surface area contributed by atoms with E-state index in [1.165, 1.54) is 0 Å². The zero-order chi connectivity index (χ0) is 61.7. The van der Waals surface area contributed by atoms with Gasteiger partial charge in [0, 0.05) is 35.2 Å². The summed E-state index contributed by atoms with van der Waals surface area (Å²) in [6, 6.07) is 55.2. The van der Waals surface area contributed by atoms with Crippen LogP contribution in [0, 0.1) is 10.8 Å². The van der Waals surface area contributed by atoms with Crippen molar-refractivity contribution < 1.29 is 66.3 Å². The third-order valence-electron chi connectivity index (χ3n) is 16.5. The van der Waals surface area contributed by atoms with Crippen LogP contribution in [0.25, 0.3) is 44.8 Å². The Morgan fingerprint density at radius 2 is 0.689 bits per heavy atom. The van der Waals surface area contributed by atoms with Crippen molar-refractivity contribution in [1.82, 2.24) is 0 Å². The lowest BCUT2D eigenvalue weighted by Gasteiger charge is -2.40. The fraction of sp³-hybridized carbons (Fsp3) is 0.368. The maximum Gasteiger partial charge on any atom is 0.230 e. The molecule has 2 aliphatic heterocycles. The van der Waals surface area contributed by atoms with Crippen LogP contribution < -0.4 is 37.9 Å². The Hall–Kier alpha value is -8.40. The molecule has 0 saturated carbocycles. The monoisotopic (exact) mass is 1220 g/mol. The van der Waals surface area contributed by atoms with Gasteiger partial charge in [0.1, 0.15) is 46.0 Å². The summed E-state index contributed by atoms with van der Waals surface area (Å²) < 4.78 is 82.8. The molecule has 0 atom stereocenters. The maximum absolute atomic E-state index is 6.50. The predicted octanol–water partition coefficient (Wildman–Crippen LogP) is 17.3. The molecule has 8 aromatic carbocycles. The first-order chi connectivity index (χ1) is 44.5. The van der Waals surface area contributed by atoms with Crippen LogP contribution in [-0.2, 0) is 28.4 Å². The molecule has 0 radical (unpaired) electrons. The minimum absolute atomic E-state index is 0.0429. The zero-order valence-electron chi connectivity index (χ0n) is 52.2. The Labute approximate surface area is 530 Å². The van der Waals surface area contributed by atoms with Crippen molar-refractivity contribution >= 4 is 33.7 Å². The van der Waals surface area contributed by atoms with Gasteiger partial charge < -0.3 is 66.3 Å². The van der Waals surface area contributed by atoms with E-state index in [0.29, 0.717) is 47.7 Å². The number of benzene rings is 8. The largest absolute Gasteiger partial charge is 0.494 e. The SMILES string of the molecule is CCC1(COCCCCCCOc2ccc(/C=C/OCOc3ccc(OCOc4ccc5ccccc5c4-c4c(OCOc5ccc(OCO/C=C/c6ccc(OCCCCCCOCC7(CC)COC7)cc6)cc5)ccc5ccccc45)cc3)cc2)COC1. The van der Waals surface area contributed by atoms with Crippen LogP contribution in [0.3, 0.4) is 0 Å². The van der Waals surface area contributed by atoms with Gasteiger partial charge in [-0.05, 0) is 181 Å². The molecule has 14 heteroatoms. The summed E-state index contributed by atoms with van der Waals surface area (Å²) in [6.07, 6.45) is 18.0. The van der Waals surface area contributed by atoms with E-state index in [2.05, 4.69) is 50.2 Å². The Bertz CT molecular complexity index is 3210. The van der Waals surface area contributed by atoms with Crippen molar-refractivity contribution in [1.29, 1.82) is 0 Å². The lowest BCUT2D eigenvalue weighted by Crippen LogP contribution is -2.45. The summed E-state index contributed by atoms with van der Waals surface area (Å²) in [7, 11) is 0. The van der Waals surface area contributed by atoms with Gasteiger partial charge in [-0.3, -0.25) is 0 Å². The number of rotatable bonds is 41. The number of hydrogen-bond acceptors (Lipinski definition) is 14. The quantitative estimate of drug-likeness (QED) is 0.0205. The van der Waals surface area contributed by atoms with E-state index in [1.54, 1.807) is 12.5 Å². The van der Waals surface area contributed by atoms with Gasteiger partial charge in [-0.1, -0.05) is 112 Å². The molecule has 2 fully saturated rings. The van der Waals surface area contributed by atoms with Gasteiger partial charge in [-0.2, -0.15) is 0 Å². The number of unbranched alkanes of at least 4 members (excludes halogenated alkanes) is 6. The molecular formula is C76H86O14. The third-order valence-corrected chi connectivity index (χ3v) is 16.5. The topological polar surface area (TPSA) is 129 Å². The van der Waals surface area contributed by atoms with E-state index in [0.717, 1.165) is 172 Å². The second kappa shape index (κ2) is 34.5. The van der Waals surface area contributed by atoms with Crippen LogP contribution in [0.15, 0.2) is 182 Å². The molecular weight excluding hydrogens is 1140 g/mol. The van der Waals surface area contributed by atoms with Crippen LogP contribution >= 0.6 is 0 Å². The molecule has 0 amide bonds. The molecule has 0 bridgehead atoms. The first-order valence-corrected chi connectivity index (χ1v) is 31.8. The molecule has 0 aromatic heterocycles. The highest BCUT2D eigenvalue weighted by atomic mass is 16.7. The molecule has 8 aromatic rings. The van der Waals surface area contributed by atoms with Gasteiger partial charge in [-0.15, -0.1) is 0 Å². The van der Waals surface area contributed by atoms with Crippen LogP contribution in [-0.4, -0.2) is 93.2 Å². The molecule has 0 N–H and O–H groups in total. The van der Waals surface area contributed by atoms with Crippen molar-refractivity contribution in [3.8, 4) is 57.1 Å². The minimum atomic E-state index is -0.0489. The summed E-state index contributed by atoms with van der Waals surface area (Å²) in [5.41, 5.74) is 4.25. The Balaban J connectivity index is 0.630. The first kappa shape index (κ1) is 64.6. The molecule has 2 aliphatic rings. The normalized spacial score (nSPS) is 14.0. The average molecular weight is 1220 g/mol. The fourth-order valence-corrected chi connectivity index (χ4v) is 10.6. The molecule has 0 aliphatic carbocycles. The highest BCUT2D eigenvalue weighted by molar-refractivity contribution is 6.09. The van der Waals surface area contributed by atoms with Crippen LogP contribution in [0.2, 0.25) is 0 Å². The van der Waals surface area contributed by atoms with Gasteiger partial charge in [0.05, 0.1) is 65.4 Å². The van der Waals surface area contributed by atoms with Crippen molar-refractivity contribution in [2.45, 2.75) is 78.1 Å². The van der Waals surface area contributed by atoms with Gasteiger partial charge in [0.25, 0.3) is 0 Å². The van der Waals surface area contributed by atoms with Crippen molar-refractivity contribution in [3.63, 3.8) is 0 Å². The van der Waals surface area contributed by atoms with E-state index in [-0.39, 0.29) is 38.0 Å². The Kier molecular flexibility index (Phi) is 24.8. The second-order valence-corrected chi connectivity index (χ2v) is 23.0. The van der Waals surface area contributed by atoms with Crippen LogP contribution in [0.4, 0.5) is 0 Å². The lowest BCUT2D eigenvalue weighted by molar-refractivity contribution is -0.150. The smallest absolute Gasteiger partial charge is 0.230 e. The second-order valence-electron chi connectivity index (χ2n) is 23.0. The highest BCUT2D eigenvalue weighted by Crippen LogP contribution is 2.46. The van der Waals surface area contributed by atoms with Crippen molar-refractivity contribution in [2.75, 3.05) is 93.2 Å². The van der Waals surface area contributed by atoms with Gasteiger partial charge >= 0.3 is 0 Å². The Morgan fingerprint density at radius 1 is 0.344 bits per heavy atom. The maximum atomic E-state index is 6.50. The molecule has 2 heterocycles. The number of ether oxygens (including phenoxy) is 14. The average Bonchev–Trinajstić information content (AvgIpc) is 0.950. The highest BCUT2D eigenvalue weighted by Gasteiger charge is 2.37. The van der Waals surface area contributed by atoms with E-state index in [9.17, 15) is 0 Å². The molecule has 0 spiro atoms. The summed E-state index contributed by atoms with van der Waals surface area (Å²) in [5.74, 6) is 5.48. The van der Waals surface area contributed by atoms with E-state index < -0.39 is 0 Å². The van der Waals surface area contributed by atoms with Gasteiger partial charge in [0.2, 0.25) is 27.2 Å². The van der Waals surface area contributed by atoms with Gasteiger partial charge in [0.15, 0.2) is 0 Å². The summed E-state index contributed by atoms with van der Waals surface area (Å²) in [6.45, 7) is 12.4. The summed E-state index contributed by atoms with van der Waals surface area (Å²) in [5, 5.41) is 4.10. The molecule has 10 rings (SSSR count). The minimum Gasteiger partial charge on any atom is -0.494 e. The van der Waals surface area contributed by atoms with Crippen LogP contribution in [0.5, 0.6) is 46.0 Å². The van der Waals surface area contributed by atoms with E-state index in [4.69, 9.17) is 66.3 Å². The lowest BCUT2D eigenvalue weighted by atomic mass is 9.84. The van der Waals surface area contributed by atoms with E-state index >= 15 is 0 Å². The van der Waals surface area contributed by atoms with E-state index in [1.807, 2.05) is 146 Å². The number of hydrogen-bond donors (Lipinski definition) is 0. The summed E-state index contributed by atoms with van der Waals surface area (Å²) in [4.78, 5) is 0. The third kappa shape index (κ3) is 19.3. The standard InChI is InChI=1S/C76H86O14/c1-3-75(51-81-52-75)49-77-43-13-5-7-15-45-83-63-27-21-59(22-28-63)41-47-79-55-85-65-31-35-67(36-32-65)87-57-89-71-39-25-61-17-9-11-19-69(61)73(71)74-70-20-12-10-18-62(70)26-40-72(74)90-58-88-68-37-33-66(34-38-68)86-56-80-48-42-60-23-29-64(30-24-60)84-46-16-8-6-14-44-78-50-76(4-2)53-82-54-76/h9-12,17-42,47-48H,3-8,13-16,43-46,49-58H2,1-2H3/b47-41+,48-42+. The van der Waals surface area contributed by atoms with Crippen molar-refractivity contribution in [3.05, 3.63) is 194 Å². The van der Waals surface area contributed by atoms with Crippen molar-refractivity contribution in [2.24, 2.45) is 10.8 Å². The fourth-order valence-electron chi connectivity index (χ4n) is 10.6. The van der Waals surface area contributed by atoms with Crippen LogP contribution in [0.1, 0.15) is 89.2 Å². The number of fused-ring (bicyclic) bond motifs is 2. The first-order valence-electron chi connectivity index (χ1n) is 31.8. The Morgan fingerprint density at radius 3 is 1.06 bits per heavy atom. The molecule has 0 unspecified atom stereocenters. The van der Waals surface area contributed by atoms with Gasteiger partial charge in [-0.25, -0.2) is 0 Å². The molecule has 90 heavy (non-hydrogen) atoms. The zero-order valence-corrected chi connectivity index (χ0v) is 52.2. The predicted molar refractivity (Wildman–Crippen MR) is 353 cm³/mol. The molecule has 474 valence electrons. The molecule has 2 saturated heterocycles.